The number of likely N-dealkylation sites (tertiary alicyclic amines) is 1. The molecule has 5 rings (SSSR count). The summed E-state index contributed by atoms with van der Waals surface area (Å²) in [6.45, 7) is 2.39. The summed E-state index contributed by atoms with van der Waals surface area (Å²) in [4.78, 5) is 34.4. The van der Waals surface area contributed by atoms with Gasteiger partial charge >= 0.3 is 0 Å². The van der Waals surface area contributed by atoms with E-state index in [1.54, 1.807) is 6.20 Å². The SMILES string of the molecule is O=C1CC2(CCN(Cc3ccccn3)CC2)C(=O)N1c1ccc(-c2ccccc2)cc1. The first kappa shape index (κ1) is 19.6. The molecule has 2 amide bonds. The first-order valence-corrected chi connectivity index (χ1v) is 10.8. The van der Waals surface area contributed by atoms with E-state index < -0.39 is 5.41 Å². The molecule has 156 valence electrons. The second-order valence-electron chi connectivity index (χ2n) is 8.50. The van der Waals surface area contributed by atoms with Gasteiger partial charge in [0.1, 0.15) is 0 Å². The monoisotopic (exact) mass is 411 g/mol. The second kappa shape index (κ2) is 8.08. The quantitative estimate of drug-likeness (QED) is 0.601. The van der Waals surface area contributed by atoms with Crippen LogP contribution in [0.4, 0.5) is 5.69 Å². The third kappa shape index (κ3) is 3.77. The van der Waals surface area contributed by atoms with Gasteiger partial charge in [-0.25, -0.2) is 0 Å². The summed E-state index contributed by atoms with van der Waals surface area (Å²) in [5.41, 5.74) is 3.33. The molecule has 1 spiro atoms. The average Bonchev–Trinajstić information content (AvgIpc) is 3.06. The fraction of sp³-hybridized carbons (Fsp3) is 0.269. The minimum absolute atomic E-state index is 0.0394. The van der Waals surface area contributed by atoms with Crippen molar-refractivity contribution in [2.24, 2.45) is 5.41 Å². The van der Waals surface area contributed by atoms with E-state index in [4.69, 9.17) is 0 Å². The van der Waals surface area contributed by atoms with Gasteiger partial charge in [0.05, 0.1) is 16.8 Å². The second-order valence-corrected chi connectivity index (χ2v) is 8.50. The zero-order chi connectivity index (χ0) is 21.3. The van der Waals surface area contributed by atoms with Crippen molar-refractivity contribution in [1.82, 2.24) is 9.88 Å². The molecule has 2 aliphatic heterocycles. The van der Waals surface area contributed by atoms with Crippen LogP contribution in [-0.2, 0) is 16.1 Å². The molecule has 31 heavy (non-hydrogen) atoms. The number of anilines is 1. The van der Waals surface area contributed by atoms with Gasteiger partial charge in [-0.05, 0) is 61.3 Å². The van der Waals surface area contributed by atoms with Crippen LogP contribution in [0.15, 0.2) is 79.0 Å². The van der Waals surface area contributed by atoms with Gasteiger partial charge in [0.25, 0.3) is 0 Å². The number of carbonyl (C=O) groups is 2. The zero-order valence-corrected chi connectivity index (χ0v) is 17.4. The highest BCUT2D eigenvalue weighted by Crippen LogP contribution is 2.44. The summed E-state index contributed by atoms with van der Waals surface area (Å²) < 4.78 is 0. The van der Waals surface area contributed by atoms with Gasteiger partial charge in [-0.15, -0.1) is 0 Å². The molecule has 0 radical (unpaired) electrons. The van der Waals surface area contributed by atoms with Crippen LogP contribution in [0.5, 0.6) is 0 Å². The van der Waals surface area contributed by atoms with E-state index in [0.717, 1.165) is 36.5 Å². The Bertz CT molecular complexity index is 1070. The third-order valence-electron chi connectivity index (χ3n) is 6.55. The number of rotatable bonds is 4. The number of hydrogen-bond donors (Lipinski definition) is 0. The molecule has 2 saturated heterocycles. The van der Waals surface area contributed by atoms with Gasteiger partial charge in [-0.2, -0.15) is 0 Å². The van der Waals surface area contributed by atoms with E-state index in [1.165, 1.54) is 4.90 Å². The lowest BCUT2D eigenvalue weighted by Crippen LogP contribution is -2.44. The van der Waals surface area contributed by atoms with Gasteiger partial charge in [0.2, 0.25) is 11.8 Å². The topological polar surface area (TPSA) is 53.5 Å². The third-order valence-corrected chi connectivity index (χ3v) is 6.55. The Balaban J connectivity index is 1.29. The first-order valence-electron chi connectivity index (χ1n) is 10.8. The number of piperidine rings is 1. The van der Waals surface area contributed by atoms with Crippen LogP contribution >= 0.6 is 0 Å². The van der Waals surface area contributed by atoms with Gasteiger partial charge in [-0.1, -0.05) is 48.5 Å². The van der Waals surface area contributed by atoms with Crippen LogP contribution in [0.3, 0.4) is 0 Å². The maximum atomic E-state index is 13.4. The van der Waals surface area contributed by atoms with Crippen LogP contribution in [0, 0.1) is 5.41 Å². The highest BCUT2D eigenvalue weighted by molar-refractivity contribution is 6.22. The van der Waals surface area contributed by atoms with Gasteiger partial charge in [0, 0.05) is 19.2 Å². The number of aromatic nitrogens is 1. The molecular formula is C26H25N3O2. The van der Waals surface area contributed by atoms with E-state index >= 15 is 0 Å². The molecule has 0 aliphatic carbocycles. The number of hydrogen-bond acceptors (Lipinski definition) is 4. The van der Waals surface area contributed by atoms with Crippen LogP contribution in [0.1, 0.15) is 25.0 Å². The van der Waals surface area contributed by atoms with Crippen molar-refractivity contribution in [2.45, 2.75) is 25.8 Å². The lowest BCUT2D eigenvalue weighted by Gasteiger charge is -2.37. The normalized spacial score (nSPS) is 18.6. The molecule has 3 heterocycles. The molecule has 2 aliphatic rings. The fourth-order valence-electron chi connectivity index (χ4n) is 4.74. The maximum absolute atomic E-state index is 13.4. The number of pyridine rings is 1. The highest BCUT2D eigenvalue weighted by Gasteiger charge is 2.52. The smallest absolute Gasteiger partial charge is 0.240 e. The predicted molar refractivity (Wildman–Crippen MR) is 120 cm³/mol. The fourth-order valence-corrected chi connectivity index (χ4v) is 4.74. The molecule has 0 saturated carbocycles. The Morgan fingerprint density at radius 1 is 0.806 bits per heavy atom. The molecule has 2 aromatic carbocycles. The lowest BCUT2D eigenvalue weighted by molar-refractivity contribution is -0.128. The molecular weight excluding hydrogens is 386 g/mol. The number of benzene rings is 2. The minimum Gasteiger partial charge on any atom is -0.297 e. The number of nitrogens with zero attached hydrogens (tertiary/aromatic N) is 3. The lowest BCUT2D eigenvalue weighted by atomic mass is 9.77. The molecule has 3 aromatic rings. The summed E-state index contributed by atoms with van der Waals surface area (Å²) in [6, 6.07) is 23.7. The van der Waals surface area contributed by atoms with E-state index in [1.807, 2.05) is 60.7 Å². The molecule has 5 nitrogen and oxygen atoms in total. The van der Waals surface area contributed by atoms with Crippen molar-refractivity contribution >= 4 is 17.5 Å². The Morgan fingerprint density at radius 2 is 1.48 bits per heavy atom. The summed E-state index contributed by atoms with van der Waals surface area (Å²) in [5, 5.41) is 0. The molecule has 0 bridgehead atoms. The van der Waals surface area contributed by atoms with Crippen molar-refractivity contribution in [1.29, 1.82) is 0 Å². The van der Waals surface area contributed by atoms with Gasteiger partial charge in [-0.3, -0.25) is 24.4 Å². The summed E-state index contributed by atoms with van der Waals surface area (Å²) in [6.07, 6.45) is 3.54. The number of amides is 2. The number of imide groups is 1. The predicted octanol–water partition coefficient (Wildman–Crippen LogP) is 4.29. The highest BCUT2D eigenvalue weighted by atomic mass is 16.2. The standard InChI is InChI=1S/C26H25N3O2/c30-24-18-26(13-16-28(17-14-26)19-22-8-4-5-15-27-22)25(31)29(24)23-11-9-21(10-12-23)20-6-2-1-3-7-20/h1-12,15H,13-14,16-19H2. The summed E-state index contributed by atoms with van der Waals surface area (Å²) in [7, 11) is 0. The van der Waals surface area contributed by atoms with Crippen LogP contribution in [0.25, 0.3) is 11.1 Å². The molecule has 1 aromatic heterocycles. The largest absolute Gasteiger partial charge is 0.297 e. The number of carbonyl (C=O) groups excluding carboxylic acids is 2. The Morgan fingerprint density at radius 3 is 2.16 bits per heavy atom. The average molecular weight is 412 g/mol. The van der Waals surface area contributed by atoms with Crippen LogP contribution in [-0.4, -0.2) is 34.8 Å². The van der Waals surface area contributed by atoms with Crippen molar-refractivity contribution in [3.8, 4) is 11.1 Å². The molecule has 0 N–H and O–H groups in total. The zero-order valence-electron chi connectivity index (χ0n) is 17.4. The molecule has 0 unspecified atom stereocenters. The van der Waals surface area contributed by atoms with Crippen molar-refractivity contribution in [3.63, 3.8) is 0 Å². The van der Waals surface area contributed by atoms with Crippen LogP contribution < -0.4 is 4.90 Å². The van der Waals surface area contributed by atoms with Crippen molar-refractivity contribution in [3.05, 3.63) is 84.7 Å². The van der Waals surface area contributed by atoms with E-state index in [9.17, 15) is 9.59 Å². The molecule has 5 heteroatoms. The summed E-state index contributed by atoms with van der Waals surface area (Å²) in [5.74, 6) is -0.127. The Kier molecular flexibility index (Phi) is 5.12. The Labute approximate surface area is 182 Å². The Hall–Kier alpha value is -3.31. The van der Waals surface area contributed by atoms with Crippen molar-refractivity contribution < 1.29 is 9.59 Å². The minimum atomic E-state index is -0.560. The van der Waals surface area contributed by atoms with E-state index in [2.05, 4.69) is 22.0 Å². The van der Waals surface area contributed by atoms with Gasteiger partial charge < -0.3 is 0 Å². The summed E-state index contributed by atoms with van der Waals surface area (Å²) >= 11 is 0. The van der Waals surface area contributed by atoms with Crippen molar-refractivity contribution in [2.75, 3.05) is 18.0 Å². The maximum Gasteiger partial charge on any atom is 0.240 e. The van der Waals surface area contributed by atoms with E-state index in [0.29, 0.717) is 24.9 Å². The van der Waals surface area contributed by atoms with E-state index in [-0.39, 0.29) is 11.8 Å². The van der Waals surface area contributed by atoms with Crippen LogP contribution in [0.2, 0.25) is 0 Å². The first-order chi connectivity index (χ1) is 15.1. The molecule has 2 fully saturated rings. The van der Waals surface area contributed by atoms with Gasteiger partial charge in [0.15, 0.2) is 0 Å². The molecule has 0 atom stereocenters.